The van der Waals surface area contributed by atoms with Crippen LogP contribution in [0.4, 0.5) is 11.5 Å². The number of aromatic nitrogens is 1. The average Bonchev–Trinajstić information content (AvgIpc) is 2.41. The van der Waals surface area contributed by atoms with Crippen molar-refractivity contribution in [3.63, 3.8) is 0 Å². The first-order chi connectivity index (χ1) is 9.01. The van der Waals surface area contributed by atoms with E-state index in [1.165, 1.54) is 18.3 Å². The second-order valence-electron chi connectivity index (χ2n) is 3.64. The number of nitrogens with two attached hydrogens (primary N) is 1. The molecule has 0 saturated heterocycles. The number of pyridine rings is 1. The van der Waals surface area contributed by atoms with Crippen molar-refractivity contribution >= 4 is 37.5 Å². The van der Waals surface area contributed by atoms with Crippen molar-refractivity contribution in [3.8, 4) is 0 Å². The third kappa shape index (κ3) is 3.43. The number of hydrogen-bond acceptors (Lipinski definition) is 5. The van der Waals surface area contributed by atoms with Crippen LogP contribution in [0.3, 0.4) is 0 Å². The van der Waals surface area contributed by atoms with Gasteiger partial charge in [-0.15, -0.1) is 0 Å². The number of nitrogen functional groups attached to an aromatic ring is 1. The molecule has 0 unspecified atom stereocenters. The first kappa shape index (κ1) is 13.8. The zero-order valence-electron chi connectivity index (χ0n) is 9.67. The first-order valence-electron chi connectivity index (χ1n) is 5.22. The molecule has 19 heavy (non-hydrogen) atoms. The maximum absolute atomic E-state index is 12.1. The Morgan fingerprint density at radius 2 is 1.79 bits per heavy atom. The molecule has 0 aliphatic rings. The molecule has 2 rings (SSSR count). The molecule has 0 radical (unpaired) electrons. The first-order valence-corrected chi connectivity index (χ1v) is 7.50. The van der Waals surface area contributed by atoms with Gasteiger partial charge < -0.3 is 5.43 Å². The summed E-state index contributed by atoms with van der Waals surface area (Å²) in [6.07, 6.45) is 1.51. The number of rotatable bonds is 4. The Hall–Kier alpha value is -1.64. The third-order valence-electron chi connectivity index (χ3n) is 2.30. The second-order valence-corrected chi connectivity index (χ2v) is 6.23. The molecule has 0 aliphatic heterocycles. The van der Waals surface area contributed by atoms with Gasteiger partial charge in [0, 0.05) is 16.4 Å². The Bertz CT molecular complexity index is 656. The molecule has 2 aromatic rings. The van der Waals surface area contributed by atoms with Crippen molar-refractivity contribution in [3.05, 3.63) is 47.1 Å². The maximum Gasteiger partial charge on any atom is 0.263 e. The molecular formula is C11H11BrN4O2S. The largest absolute Gasteiger partial charge is 0.324 e. The molecule has 0 spiro atoms. The van der Waals surface area contributed by atoms with Crippen LogP contribution in [0, 0.1) is 0 Å². The van der Waals surface area contributed by atoms with Gasteiger partial charge in [-0.3, -0.25) is 10.6 Å². The Balaban J connectivity index is 2.24. The fourth-order valence-electron chi connectivity index (χ4n) is 1.36. The van der Waals surface area contributed by atoms with E-state index in [-0.39, 0.29) is 10.7 Å². The molecule has 0 atom stereocenters. The number of halogens is 1. The summed E-state index contributed by atoms with van der Waals surface area (Å²) in [5.74, 6) is 5.47. The Labute approximate surface area is 119 Å². The van der Waals surface area contributed by atoms with Crippen LogP contribution in [0.25, 0.3) is 0 Å². The van der Waals surface area contributed by atoms with Crippen molar-refractivity contribution in [1.29, 1.82) is 0 Å². The molecule has 0 saturated carbocycles. The van der Waals surface area contributed by atoms with Gasteiger partial charge in [-0.05, 0) is 52.3 Å². The topological polar surface area (TPSA) is 97.1 Å². The van der Waals surface area contributed by atoms with E-state index in [0.717, 1.165) is 4.47 Å². The molecule has 1 aromatic carbocycles. The number of anilines is 2. The van der Waals surface area contributed by atoms with Crippen molar-refractivity contribution in [2.24, 2.45) is 5.84 Å². The van der Waals surface area contributed by atoms with Gasteiger partial charge >= 0.3 is 0 Å². The van der Waals surface area contributed by atoms with Crippen LogP contribution in [-0.4, -0.2) is 13.4 Å². The zero-order chi connectivity index (χ0) is 13.9. The summed E-state index contributed by atoms with van der Waals surface area (Å²) < 4.78 is 27.3. The van der Waals surface area contributed by atoms with Gasteiger partial charge in [0.05, 0.1) is 4.90 Å². The van der Waals surface area contributed by atoms with Gasteiger partial charge in [0.2, 0.25) is 0 Å². The lowest BCUT2D eigenvalue weighted by molar-refractivity contribution is 0.601. The molecule has 6 nitrogen and oxygen atoms in total. The van der Waals surface area contributed by atoms with Crippen LogP contribution in [0.15, 0.2) is 52.0 Å². The lowest BCUT2D eigenvalue weighted by atomic mass is 10.3. The number of benzene rings is 1. The molecular weight excluding hydrogens is 332 g/mol. The molecule has 4 N–H and O–H groups in total. The van der Waals surface area contributed by atoms with Crippen molar-refractivity contribution < 1.29 is 8.42 Å². The lowest BCUT2D eigenvalue weighted by Crippen LogP contribution is -2.14. The molecule has 8 heteroatoms. The quantitative estimate of drug-likeness (QED) is 0.582. The Kier molecular flexibility index (Phi) is 4.03. The maximum atomic E-state index is 12.1. The van der Waals surface area contributed by atoms with Crippen LogP contribution in [0.2, 0.25) is 0 Å². The summed E-state index contributed by atoms with van der Waals surface area (Å²) in [5, 5.41) is 0. The number of hydrazine groups is 1. The van der Waals surface area contributed by atoms with E-state index < -0.39 is 10.0 Å². The average molecular weight is 343 g/mol. The SMILES string of the molecule is NNc1ccc(S(=O)(=O)Nc2ccc(Br)cn2)cc1. The van der Waals surface area contributed by atoms with Gasteiger partial charge in [-0.1, -0.05) is 0 Å². The van der Waals surface area contributed by atoms with Crippen molar-refractivity contribution in [1.82, 2.24) is 4.98 Å². The third-order valence-corrected chi connectivity index (χ3v) is 4.14. The smallest absolute Gasteiger partial charge is 0.263 e. The van der Waals surface area contributed by atoms with E-state index in [1.54, 1.807) is 24.3 Å². The van der Waals surface area contributed by atoms with Crippen LogP contribution in [0.5, 0.6) is 0 Å². The van der Waals surface area contributed by atoms with Gasteiger partial charge in [0.15, 0.2) is 0 Å². The Morgan fingerprint density at radius 3 is 2.32 bits per heavy atom. The number of hydrogen-bond donors (Lipinski definition) is 3. The summed E-state index contributed by atoms with van der Waals surface area (Å²) in [6, 6.07) is 9.32. The fraction of sp³-hybridized carbons (Fsp3) is 0. The highest BCUT2D eigenvalue weighted by molar-refractivity contribution is 9.10. The Morgan fingerprint density at radius 1 is 1.11 bits per heavy atom. The highest BCUT2D eigenvalue weighted by atomic mass is 79.9. The molecule has 100 valence electrons. The van der Waals surface area contributed by atoms with Gasteiger partial charge in [-0.25, -0.2) is 13.4 Å². The van der Waals surface area contributed by atoms with Crippen molar-refractivity contribution in [2.45, 2.75) is 4.90 Å². The molecule has 0 fully saturated rings. The van der Waals surface area contributed by atoms with Crippen LogP contribution in [-0.2, 0) is 10.0 Å². The molecule has 0 aliphatic carbocycles. The summed E-state index contributed by atoms with van der Waals surface area (Å²) >= 11 is 3.23. The predicted molar refractivity (Wildman–Crippen MR) is 77.0 cm³/mol. The van der Waals surface area contributed by atoms with E-state index in [0.29, 0.717) is 5.69 Å². The molecule has 1 aromatic heterocycles. The molecule has 1 heterocycles. The standard InChI is InChI=1S/C11H11BrN4O2S/c12-8-1-6-11(14-7-8)16-19(17,18)10-4-2-9(15-13)3-5-10/h1-7,15H,13H2,(H,14,16). The number of nitrogens with zero attached hydrogens (tertiary/aromatic N) is 1. The number of sulfonamides is 1. The van der Waals surface area contributed by atoms with Gasteiger partial charge in [0.25, 0.3) is 10.0 Å². The van der Waals surface area contributed by atoms with E-state index in [4.69, 9.17) is 5.84 Å². The molecule has 0 amide bonds. The normalized spacial score (nSPS) is 11.1. The van der Waals surface area contributed by atoms with E-state index >= 15 is 0 Å². The molecule has 0 bridgehead atoms. The fourth-order valence-corrected chi connectivity index (χ4v) is 2.61. The monoisotopic (exact) mass is 342 g/mol. The van der Waals surface area contributed by atoms with E-state index in [9.17, 15) is 8.42 Å². The van der Waals surface area contributed by atoms with Crippen LogP contribution >= 0.6 is 15.9 Å². The highest BCUT2D eigenvalue weighted by Crippen LogP contribution is 2.17. The van der Waals surface area contributed by atoms with Gasteiger partial charge in [-0.2, -0.15) is 0 Å². The van der Waals surface area contributed by atoms with E-state index in [2.05, 4.69) is 31.1 Å². The highest BCUT2D eigenvalue weighted by Gasteiger charge is 2.14. The summed E-state index contributed by atoms with van der Waals surface area (Å²) in [7, 11) is -3.65. The summed E-state index contributed by atoms with van der Waals surface area (Å²) in [4.78, 5) is 4.09. The second kappa shape index (κ2) is 5.55. The van der Waals surface area contributed by atoms with Crippen LogP contribution < -0.4 is 16.0 Å². The zero-order valence-corrected chi connectivity index (χ0v) is 12.1. The van der Waals surface area contributed by atoms with Gasteiger partial charge in [0.1, 0.15) is 5.82 Å². The minimum Gasteiger partial charge on any atom is -0.324 e. The lowest BCUT2D eigenvalue weighted by Gasteiger charge is -2.08. The minimum atomic E-state index is -3.65. The summed E-state index contributed by atoms with van der Waals surface area (Å²) in [5.41, 5.74) is 3.05. The predicted octanol–water partition coefficient (Wildman–Crippen LogP) is 1.93. The van der Waals surface area contributed by atoms with E-state index in [1.807, 2.05) is 0 Å². The van der Waals surface area contributed by atoms with Crippen LogP contribution in [0.1, 0.15) is 0 Å². The minimum absolute atomic E-state index is 0.135. The summed E-state index contributed by atoms with van der Waals surface area (Å²) in [6.45, 7) is 0. The van der Waals surface area contributed by atoms with Crippen molar-refractivity contribution in [2.75, 3.05) is 10.1 Å². The number of nitrogens with one attached hydrogen (secondary N) is 2.